The molecule has 0 aliphatic carbocycles. The van der Waals surface area contributed by atoms with Crippen LogP contribution in [0.2, 0.25) is 0 Å². The van der Waals surface area contributed by atoms with E-state index in [1.54, 1.807) is 22.2 Å². The molecule has 0 saturated carbocycles. The number of imidazole rings is 2. The molecule has 1 N–H and O–H groups in total. The van der Waals surface area contributed by atoms with Crippen LogP contribution < -0.4 is 0 Å². The smallest absolute Gasteiger partial charge is 0.354 e. The maximum Gasteiger partial charge on any atom is 0.354 e. The van der Waals surface area contributed by atoms with E-state index < -0.39 is 5.97 Å². The molecule has 2 heterocycles. The lowest BCUT2D eigenvalue weighted by atomic mass is 10.1. The number of rotatable bonds is 4. The van der Waals surface area contributed by atoms with Gasteiger partial charge in [0.2, 0.25) is 5.78 Å². The van der Waals surface area contributed by atoms with E-state index in [0.29, 0.717) is 5.78 Å². The Morgan fingerprint density at radius 3 is 2.52 bits per heavy atom. The first kappa shape index (κ1) is 13.4. The summed E-state index contributed by atoms with van der Waals surface area (Å²) >= 11 is 0. The van der Waals surface area contributed by atoms with E-state index >= 15 is 0 Å². The summed E-state index contributed by atoms with van der Waals surface area (Å²) in [6.45, 7) is 2.16. The highest BCUT2D eigenvalue weighted by Gasteiger charge is 2.15. The summed E-state index contributed by atoms with van der Waals surface area (Å²) in [5.41, 5.74) is 3.43. The molecular formula is C16H17N3O2. The normalized spacial score (nSPS) is 11.1. The van der Waals surface area contributed by atoms with Gasteiger partial charge in [0.05, 0.1) is 5.69 Å². The van der Waals surface area contributed by atoms with E-state index in [1.807, 2.05) is 6.20 Å². The quantitative estimate of drug-likeness (QED) is 0.800. The lowest BCUT2D eigenvalue weighted by Crippen LogP contribution is -2.04. The van der Waals surface area contributed by atoms with Crippen molar-refractivity contribution in [2.24, 2.45) is 7.05 Å². The van der Waals surface area contributed by atoms with Gasteiger partial charge in [0.25, 0.3) is 0 Å². The van der Waals surface area contributed by atoms with Crippen molar-refractivity contribution in [3.8, 4) is 11.3 Å². The van der Waals surface area contributed by atoms with Crippen molar-refractivity contribution < 1.29 is 9.90 Å². The SMILES string of the molecule is CCCc1ccc(-c2cn3cc(C(=O)O)n(C)c3n2)cc1. The summed E-state index contributed by atoms with van der Waals surface area (Å²) in [6.07, 6.45) is 5.65. The van der Waals surface area contributed by atoms with Crippen LogP contribution in [-0.4, -0.2) is 25.0 Å². The number of aromatic carboxylic acids is 1. The molecule has 21 heavy (non-hydrogen) atoms. The average molecular weight is 283 g/mol. The maximum absolute atomic E-state index is 11.1. The average Bonchev–Trinajstić information content (AvgIpc) is 3.00. The molecule has 3 rings (SSSR count). The molecule has 5 nitrogen and oxygen atoms in total. The van der Waals surface area contributed by atoms with Crippen molar-refractivity contribution in [3.05, 3.63) is 47.9 Å². The van der Waals surface area contributed by atoms with Gasteiger partial charge in [-0.05, 0) is 12.0 Å². The van der Waals surface area contributed by atoms with E-state index in [-0.39, 0.29) is 5.69 Å². The summed E-state index contributed by atoms with van der Waals surface area (Å²) in [5.74, 6) is -0.325. The molecule has 0 fully saturated rings. The van der Waals surface area contributed by atoms with E-state index in [2.05, 4.69) is 36.2 Å². The molecule has 108 valence electrons. The molecule has 3 aromatic rings. The number of hydrogen-bond donors (Lipinski definition) is 1. The molecule has 0 aliphatic heterocycles. The van der Waals surface area contributed by atoms with Crippen molar-refractivity contribution in [3.63, 3.8) is 0 Å². The highest BCUT2D eigenvalue weighted by Crippen LogP contribution is 2.21. The molecule has 0 radical (unpaired) electrons. The number of fused-ring (bicyclic) bond motifs is 1. The monoisotopic (exact) mass is 283 g/mol. The Balaban J connectivity index is 1.99. The van der Waals surface area contributed by atoms with Gasteiger partial charge < -0.3 is 9.67 Å². The second-order valence-corrected chi connectivity index (χ2v) is 5.16. The van der Waals surface area contributed by atoms with Crippen LogP contribution >= 0.6 is 0 Å². The van der Waals surface area contributed by atoms with Gasteiger partial charge in [-0.3, -0.25) is 4.40 Å². The first-order chi connectivity index (χ1) is 10.1. The molecule has 1 aromatic carbocycles. The van der Waals surface area contributed by atoms with E-state index in [9.17, 15) is 4.79 Å². The summed E-state index contributed by atoms with van der Waals surface area (Å²) in [7, 11) is 1.71. The topological polar surface area (TPSA) is 59.5 Å². The molecular weight excluding hydrogens is 266 g/mol. The van der Waals surface area contributed by atoms with E-state index in [0.717, 1.165) is 24.1 Å². The third kappa shape index (κ3) is 2.31. The van der Waals surface area contributed by atoms with Crippen LogP contribution in [0.5, 0.6) is 0 Å². The van der Waals surface area contributed by atoms with Gasteiger partial charge in [-0.2, -0.15) is 0 Å². The molecule has 0 atom stereocenters. The molecule has 0 spiro atoms. The highest BCUT2D eigenvalue weighted by molar-refractivity contribution is 5.86. The summed E-state index contributed by atoms with van der Waals surface area (Å²) in [5, 5.41) is 9.09. The second-order valence-electron chi connectivity index (χ2n) is 5.16. The lowest BCUT2D eigenvalue weighted by Gasteiger charge is -2.00. The summed E-state index contributed by atoms with van der Waals surface area (Å²) < 4.78 is 3.33. The third-order valence-corrected chi connectivity index (χ3v) is 3.64. The first-order valence-corrected chi connectivity index (χ1v) is 6.97. The maximum atomic E-state index is 11.1. The summed E-state index contributed by atoms with van der Waals surface area (Å²) in [6, 6.07) is 8.35. The number of carboxylic acids is 1. The van der Waals surface area contributed by atoms with Gasteiger partial charge in [0, 0.05) is 25.0 Å². The second kappa shape index (κ2) is 5.09. The van der Waals surface area contributed by atoms with Gasteiger partial charge in [-0.25, -0.2) is 9.78 Å². The largest absolute Gasteiger partial charge is 0.477 e. The van der Waals surface area contributed by atoms with Crippen LogP contribution in [0.25, 0.3) is 17.0 Å². The van der Waals surface area contributed by atoms with Crippen LogP contribution in [0.4, 0.5) is 0 Å². The van der Waals surface area contributed by atoms with Crippen molar-refractivity contribution in [2.45, 2.75) is 19.8 Å². The number of benzene rings is 1. The van der Waals surface area contributed by atoms with E-state index in [4.69, 9.17) is 5.11 Å². The molecule has 0 saturated heterocycles. The van der Waals surface area contributed by atoms with Gasteiger partial charge in [-0.1, -0.05) is 37.6 Å². The highest BCUT2D eigenvalue weighted by atomic mass is 16.4. The zero-order valence-corrected chi connectivity index (χ0v) is 12.1. The van der Waals surface area contributed by atoms with Crippen molar-refractivity contribution in [1.82, 2.24) is 14.0 Å². The predicted octanol–water partition coefficient (Wildman–Crippen LogP) is 2.99. The Hall–Kier alpha value is -2.56. The minimum atomic E-state index is -0.950. The Morgan fingerprint density at radius 1 is 1.24 bits per heavy atom. The van der Waals surface area contributed by atoms with Gasteiger partial charge in [0.1, 0.15) is 5.69 Å². The Kier molecular flexibility index (Phi) is 3.25. The molecule has 0 bridgehead atoms. The Labute approximate surface area is 122 Å². The minimum absolute atomic E-state index is 0.224. The first-order valence-electron chi connectivity index (χ1n) is 6.97. The fourth-order valence-electron chi connectivity index (χ4n) is 2.52. The fraction of sp³-hybridized carbons (Fsp3) is 0.250. The van der Waals surface area contributed by atoms with Crippen LogP contribution in [0, 0.1) is 0 Å². The van der Waals surface area contributed by atoms with Gasteiger partial charge in [0.15, 0.2) is 0 Å². The van der Waals surface area contributed by atoms with Crippen LogP contribution in [0.1, 0.15) is 29.4 Å². The number of hydrogen-bond acceptors (Lipinski definition) is 2. The van der Waals surface area contributed by atoms with Crippen molar-refractivity contribution in [1.29, 1.82) is 0 Å². The predicted molar refractivity (Wildman–Crippen MR) is 80.6 cm³/mol. The van der Waals surface area contributed by atoms with Gasteiger partial charge >= 0.3 is 5.97 Å². The van der Waals surface area contributed by atoms with Crippen LogP contribution in [0.3, 0.4) is 0 Å². The molecule has 0 aliphatic rings. The van der Waals surface area contributed by atoms with E-state index in [1.165, 1.54) is 5.56 Å². The zero-order valence-electron chi connectivity index (χ0n) is 12.1. The fourth-order valence-corrected chi connectivity index (χ4v) is 2.52. The third-order valence-electron chi connectivity index (χ3n) is 3.64. The Bertz CT molecular complexity index is 797. The van der Waals surface area contributed by atoms with Gasteiger partial charge in [-0.15, -0.1) is 0 Å². The van der Waals surface area contributed by atoms with Crippen LogP contribution in [0.15, 0.2) is 36.7 Å². The zero-order chi connectivity index (χ0) is 15.0. The number of carboxylic acid groups (broad SMARTS) is 1. The number of aryl methyl sites for hydroxylation is 2. The van der Waals surface area contributed by atoms with Crippen molar-refractivity contribution in [2.75, 3.05) is 0 Å². The molecule has 0 amide bonds. The molecule has 2 aromatic heterocycles. The van der Waals surface area contributed by atoms with Crippen LogP contribution in [-0.2, 0) is 13.5 Å². The Morgan fingerprint density at radius 2 is 1.95 bits per heavy atom. The summed E-state index contributed by atoms with van der Waals surface area (Å²) in [4.78, 5) is 15.6. The molecule has 5 heteroatoms. The molecule has 0 unspecified atom stereocenters. The lowest BCUT2D eigenvalue weighted by molar-refractivity contribution is 0.0686. The minimum Gasteiger partial charge on any atom is -0.477 e. The number of nitrogens with zero attached hydrogens (tertiary/aromatic N) is 3. The van der Waals surface area contributed by atoms with Crippen molar-refractivity contribution >= 4 is 11.7 Å². The number of carbonyl (C=O) groups is 1. The standard InChI is InChI=1S/C16H17N3O2/c1-3-4-11-5-7-12(8-6-11)13-9-19-10-14(15(20)21)18(2)16(19)17-13/h5-10H,3-4H2,1-2H3,(H,20,21). The number of aromatic nitrogens is 3.